The van der Waals surface area contributed by atoms with Crippen LogP contribution >= 0.6 is 0 Å². The average Bonchev–Trinajstić information content (AvgIpc) is 3.42. The van der Waals surface area contributed by atoms with Gasteiger partial charge in [0, 0.05) is 11.7 Å². The highest BCUT2D eigenvalue weighted by atomic mass is 16.5. The summed E-state index contributed by atoms with van der Waals surface area (Å²) in [6, 6.07) is 12.6. The molecule has 2 aromatic carbocycles. The van der Waals surface area contributed by atoms with Gasteiger partial charge in [-0.1, -0.05) is 12.8 Å². The smallest absolute Gasteiger partial charge is 0.332 e. The minimum Gasteiger partial charge on any atom is -0.497 e. The van der Waals surface area contributed by atoms with Crippen LogP contribution in [0, 0.1) is 0 Å². The van der Waals surface area contributed by atoms with E-state index in [-0.39, 0.29) is 30.3 Å². The Balaban J connectivity index is 1.52. The molecule has 33 heavy (non-hydrogen) atoms. The molecule has 2 aromatic rings. The van der Waals surface area contributed by atoms with E-state index in [1.54, 1.807) is 60.5 Å². The van der Waals surface area contributed by atoms with Crippen molar-refractivity contribution in [3.63, 3.8) is 0 Å². The number of ether oxygens (including phenoxy) is 2. The zero-order valence-corrected chi connectivity index (χ0v) is 19.0. The Morgan fingerprint density at radius 3 is 2.24 bits per heavy atom. The summed E-state index contributed by atoms with van der Waals surface area (Å²) in [6.45, 7) is 2.46. The number of carbonyl (C=O) groups is 3. The van der Waals surface area contributed by atoms with Gasteiger partial charge in [0.25, 0.3) is 5.91 Å². The lowest BCUT2D eigenvalue weighted by atomic mass is 10.1. The number of methoxy groups -OCH3 is 1. The minimum absolute atomic E-state index is 0.0343. The number of anilines is 2. The molecule has 4 rings (SSSR count). The van der Waals surface area contributed by atoms with Crippen molar-refractivity contribution in [3.05, 3.63) is 48.5 Å². The van der Waals surface area contributed by atoms with Crippen LogP contribution in [-0.4, -0.2) is 48.5 Å². The summed E-state index contributed by atoms with van der Waals surface area (Å²) in [5.74, 6) is 0.662. The lowest BCUT2D eigenvalue weighted by Gasteiger charge is -2.27. The summed E-state index contributed by atoms with van der Waals surface area (Å²) in [5, 5.41) is 2.83. The highest BCUT2D eigenvalue weighted by Crippen LogP contribution is 2.34. The first-order valence-electron chi connectivity index (χ1n) is 11.3. The standard InChI is InChI=1S/C25H29N3O5/c1-3-33-21-12-8-17(9-13-21)26-23(29)16-22-24(30)28(19-10-14-20(32-2)15-11-19)25(31)27(22)18-6-4-5-7-18/h8-15,18,22H,3-7,16H2,1-2H3,(H,26,29)/t22-/m0/s1. The third-order valence-electron chi connectivity index (χ3n) is 6.13. The molecular formula is C25H29N3O5. The van der Waals surface area contributed by atoms with E-state index >= 15 is 0 Å². The number of carbonyl (C=O) groups excluding carboxylic acids is 3. The van der Waals surface area contributed by atoms with Crippen molar-refractivity contribution in [2.75, 3.05) is 23.9 Å². The summed E-state index contributed by atoms with van der Waals surface area (Å²) in [6.07, 6.45) is 3.60. The van der Waals surface area contributed by atoms with Crippen LogP contribution in [0.4, 0.5) is 16.2 Å². The quantitative estimate of drug-likeness (QED) is 0.608. The predicted octanol–water partition coefficient (Wildman–Crippen LogP) is 4.20. The van der Waals surface area contributed by atoms with Crippen molar-refractivity contribution < 1.29 is 23.9 Å². The van der Waals surface area contributed by atoms with Crippen LogP contribution in [0.5, 0.6) is 11.5 Å². The van der Waals surface area contributed by atoms with Gasteiger partial charge in [0.1, 0.15) is 17.5 Å². The van der Waals surface area contributed by atoms with E-state index in [9.17, 15) is 14.4 Å². The number of urea groups is 1. The predicted molar refractivity (Wildman–Crippen MR) is 125 cm³/mol. The molecule has 0 aromatic heterocycles. The molecule has 0 radical (unpaired) electrons. The van der Waals surface area contributed by atoms with E-state index in [4.69, 9.17) is 9.47 Å². The normalized spacial score (nSPS) is 18.7. The van der Waals surface area contributed by atoms with Gasteiger partial charge in [-0.25, -0.2) is 9.69 Å². The molecular weight excluding hydrogens is 422 g/mol. The Morgan fingerprint density at radius 2 is 1.64 bits per heavy atom. The summed E-state index contributed by atoms with van der Waals surface area (Å²) in [7, 11) is 1.56. The molecule has 1 N–H and O–H groups in total. The number of amides is 4. The van der Waals surface area contributed by atoms with Crippen LogP contribution in [0.15, 0.2) is 48.5 Å². The van der Waals surface area contributed by atoms with Crippen LogP contribution in [0.1, 0.15) is 39.0 Å². The van der Waals surface area contributed by atoms with Gasteiger partial charge in [-0.15, -0.1) is 0 Å². The summed E-state index contributed by atoms with van der Waals surface area (Å²) >= 11 is 0. The number of hydrogen-bond donors (Lipinski definition) is 1. The zero-order valence-electron chi connectivity index (χ0n) is 19.0. The molecule has 1 saturated carbocycles. The Morgan fingerprint density at radius 1 is 1.00 bits per heavy atom. The number of nitrogens with zero attached hydrogens (tertiary/aromatic N) is 2. The lowest BCUT2D eigenvalue weighted by molar-refractivity contribution is -0.124. The number of imide groups is 1. The second-order valence-electron chi connectivity index (χ2n) is 8.23. The van der Waals surface area contributed by atoms with Crippen molar-refractivity contribution in [1.29, 1.82) is 0 Å². The first-order chi connectivity index (χ1) is 16.0. The highest BCUT2D eigenvalue weighted by molar-refractivity contribution is 6.22. The Labute approximate surface area is 193 Å². The maximum Gasteiger partial charge on any atom is 0.332 e. The third-order valence-corrected chi connectivity index (χ3v) is 6.13. The summed E-state index contributed by atoms with van der Waals surface area (Å²) < 4.78 is 10.6. The Bertz CT molecular complexity index is 1000. The molecule has 8 nitrogen and oxygen atoms in total. The van der Waals surface area contributed by atoms with Gasteiger partial charge in [0.05, 0.1) is 25.8 Å². The number of benzene rings is 2. The van der Waals surface area contributed by atoms with Crippen molar-refractivity contribution in [2.45, 2.75) is 51.1 Å². The monoisotopic (exact) mass is 451 g/mol. The molecule has 2 fully saturated rings. The van der Waals surface area contributed by atoms with Crippen LogP contribution < -0.4 is 19.7 Å². The zero-order chi connectivity index (χ0) is 23.4. The van der Waals surface area contributed by atoms with Gasteiger partial charge in [0.2, 0.25) is 5.91 Å². The SMILES string of the molecule is CCOc1ccc(NC(=O)C[C@H]2C(=O)N(c3ccc(OC)cc3)C(=O)N2C2CCCC2)cc1. The van der Waals surface area contributed by atoms with Crippen LogP contribution in [0.3, 0.4) is 0 Å². The molecule has 1 atom stereocenters. The third kappa shape index (κ3) is 4.79. The molecule has 2 aliphatic rings. The van der Waals surface area contributed by atoms with Gasteiger partial charge >= 0.3 is 6.03 Å². The molecule has 174 valence electrons. The minimum atomic E-state index is -0.828. The van der Waals surface area contributed by atoms with Crippen molar-refractivity contribution in [3.8, 4) is 11.5 Å². The van der Waals surface area contributed by atoms with E-state index in [1.807, 2.05) is 6.92 Å². The van der Waals surface area contributed by atoms with E-state index in [1.165, 1.54) is 4.90 Å². The van der Waals surface area contributed by atoms with Gasteiger partial charge in [-0.2, -0.15) is 0 Å². The maximum absolute atomic E-state index is 13.4. The molecule has 1 heterocycles. The highest BCUT2D eigenvalue weighted by Gasteiger charge is 2.49. The molecule has 0 bridgehead atoms. The average molecular weight is 452 g/mol. The molecule has 1 aliphatic heterocycles. The van der Waals surface area contributed by atoms with Gasteiger partial charge < -0.3 is 19.7 Å². The maximum atomic E-state index is 13.4. The second kappa shape index (κ2) is 9.94. The Hall–Kier alpha value is -3.55. The fourth-order valence-corrected chi connectivity index (χ4v) is 4.55. The van der Waals surface area contributed by atoms with Gasteiger partial charge in [-0.3, -0.25) is 9.59 Å². The largest absolute Gasteiger partial charge is 0.497 e. The van der Waals surface area contributed by atoms with Crippen LogP contribution in [0.2, 0.25) is 0 Å². The van der Waals surface area contributed by atoms with Crippen LogP contribution in [-0.2, 0) is 9.59 Å². The second-order valence-corrected chi connectivity index (χ2v) is 8.23. The van der Waals surface area contributed by atoms with Gasteiger partial charge in [-0.05, 0) is 68.3 Å². The van der Waals surface area contributed by atoms with E-state index in [0.717, 1.165) is 31.4 Å². The van der Waals surface area contributed by atoms with Crippen molar-refractivity contribution in [2.24, 2.45) is 0 Å². The molecule has 4 amide bonds. The number of nitrogens with one attached hydrogen (secondary N) is 1. The lowest BCUT2D eigenvalue weighted by Crippen LogP contribution is -2.43. The Kier molecular flexibility index (Phi) is 6.82. The molecule has 1 aliphatic carbocycles. The van der Waals surface area contributed by atoms with E-state index in [2.05, 4.69) is 5.32 Å². The van der Waals surface area contributed by atoms with Crippen LogP contribution in [0.25, 0.3) is 0 Å². The molecule has 0 unspecified atom stereocenters. The summed E-state index contributed by atoms with van der Waals surface area (Å²) in [5.41, 5.74) is 1.09. The number of rotatable bonds is 8. The van der Waals surface area contributed by atoms with E-state index in [0.29, 0.717) is 23.7 Å². The molecule has 8 heteroatoms. The molecule has 1 saturated heterocycles. The number of hydrogen-bond acceptors (Lipinski definition) is 5. The van der Waals surface area contributed by atoms with E-state index < -0.39 is 6.04 Å². The topological polar surface area (TPSA) is 88.2 Å². The van der Waals surface area contributed by atoms with Crippen molar-refractivity contribution in [1.82, 2.24) is 4.90 Å². The fraction of sp³-hybridized carbons (Fsp3) is 0.400. The molecule has 0 spiro atoms. The first-order valence-corrected chi connectivity index (χ1v) is 11.3. The fourth-order valence-electron chi connectivity index (χ4n) is 4.55. The van der Waals surface area contributed by atoms with Crippen molar-refractivity contribution >= 4 is 29.2 Å². The summed E-state index contributed by atoms with van der Waals surface area (Å²) in [4.78, 5) is 42.4. The van der Waals surface area contributed by atoms with Gasteiger partial charge in [0.15, 0.2) is 0 Å². The first kappa shape index (κ1) is 22.6.